The van der Waals surface area contributed by atoms with Crippen molar-refractivity contribution in [2.75, 3.05) is 22.9 Å². The molecule has 0 amide bonds. The summed E-state index contributed by atoms with van der Waals surface area (Å²) in [4.78, 5) is 8.38. The summed E-state index contributed by atoms with van der Waals surface area (Å²) in [5.41, 5.74) is 7.59. The summed E-state index contributed by atoms with van der Waals surface area (Å²) in [6, 6.07) is 9.82. The second-order valence-corrected chi connectivity index (χ2v) is 5.08. The van der Waals surface area contributed by atoms with Crippen LogP contribution in [0.3, 0.4) is 0 Å². The Bertz CT molecular complexity index is 539. The van der Waals surface area contributed by atoms with Crippen LogP contribution in [0.25, 0.3) is 0 Å². The SMILES string of the molecule is CC(C)CCNc1ncnc(Nc2ccccc2)c1N. The Morgan fingerprint density at radius 1 is 1.10 bits per heavy atom. The average Bonchev–Trinajstić information content (AvgIpc) is 2.44. The lowest BCUT2D eigenvalue weighted by Gasteiger charge is -2.13. The van der Waals surface area contributed by atoms with E-state index in [9.17, 15) is 0 Å². The Kier molecular flexibility index (Phi) is 4.76. The highest BCUT2D eigenvalue weighted by Gasteiger charge is 2.08. The molecule has 106 valence electrons. The molecule has 0 saturated heterocycles. The molecule has 4 N–H and O–H groups in total. The van der Waals surface area contributed by atoms with Crippen molar-refractivity contribution in [1.82, 2.24) is 9.97 Å². The first-order valence-electron chi connectivity index (χ1n) is 6.83. The lowest BCUT2D eigenvalue weighted by Crippen LogP contribution is -2.10. The highest BCUT2D eigenvalue weighted by atomic mass is 15.1. The number of nitrogens with two attached hydrogens (primary N) is 1. The van der Waals surface area contributed by atoms with Gasteiger partial charge in [0.15, 0.2) is 11.6 Å². The van der Waals surface area contributed by atoms with Gasteiger partial charge in [-0.2, -0.15) is 0 Å². The van der Waals surface area contributed by atoms with Gasteiger partial charge in [0, 0.05) is 12.2 Å². The monoisotopic (exact) mass is 271 g/mol. The number of nitrogen functional groups attached to an aromatic ring is 1. The van der Waals surface area contributed by atoms with Gasteiger partial charge in [-0.3, -0.25) is 0 Å². The Balaban J connectivity index is 2.07. The van der Waals surface area contributed by atoms with Crippen LogP contribution in [0, 0.1) is 5.92 Å². The second-order valence-electron chi connectivity index (χ2n) is 5.08. The van der Waals surface area contributed by atoms with Crippen LogP contribution >= 0.6 is 0 Å². The summed E-state index contributed by atoms with van der Waals surface area (Å²) in [5, 5.41) is 6.45. The van der Waals surface area contributed by atoms with Crippen LogP contribution in [0.5, 0.6) is 0 Å². The topological polar surface area (TPSA) is 75.9 Å². The van der Waals surface area contributed by atoms with Gasteiger partial charge in [-0.25, -0.2) is 9.97 Å². The van der Waals surface area contributed by atoms with Crippen LogP contribution in [0.15, 0.2) is 36.7 Å². The zero-order valence-corrected chi connectivity index (χ0v) is 11.9. The van der Waals surface area contributed by atoms with Gasteiger partial charge < -0.3 is 16.4 Å². The molecule has 0 unspecified atom stereocenters. The second kappa shape index (κ2) is 6.75. The van der Waals surface area contributed by atoms with Crippen molar-refractivity contribution >= 4 is 23.0 Å². The van der Waals surface area contributed by atoms with E-state index in [-0.39, 0.29) is 0 Å². The number of benzene rings is 1. The summed E-state index contributed by atoms with van der Waals surface area (Å²) in [7, 11) is 0. The molecule has 1 aromatic carbocycles. The standard InChI is InChI=1S/C15H21N5/c1-11(2)8-9-17-14-13(16)15(19-10-18-14)20-12-6-4-3-5-7-12/h3-7,10-11H,8-9,16H2,1-2H3,(H2,17,18,19,20). The number of hydrogen-bond acceptors (Lipinski definition) is 5. The number of anilines is 4. The summed E-state index contributed by atoms with van der Waals surface area (Å²) >= 11 is 0. The molecule has 0 aliphatic carbocycles. The summed E-state index contributed by atoms with van der Waals surface area (Å²) < 4.78 is 0. The van der Waals surface area contributed by atoms with E-state index >= 15 is 0 Å². The molecule has 5 heteroatoms. The number of para-hydroxylation sites is 1. The number of aromatic nitrogens is 2. The van der Waals surface area contributed by atoms with E-state index in [2.05, 4.69) is 34.4 Å². The van der Waals surface area contributed by atoms with E-state index in [4.69, 9.17) is 5.73 Å². The first-order chi connectivity index (χ1) is 9.66. The molecule has 5 nitrogen and oxygen atoms in total. The molecular weight excluding hydrogens is 250 g/mol. The minimum absolute atomic E-state index is 0.542. The highest BCUT2D eigenvalue weighted by molar-refractivity contribution is 5.77. The van der Waals surface area contributed by atoms with Crippen LogP contribution < -0.4 is 16.4 Å². The Hall–Kier alpha value is -2.30. The Morgan fingerprint density at radius 3 is 2.50 bits per heavy atom. The van der Waals surface area contributed by atoms with Crippen molar-refractivity contribution in [3.8, 4) is 0 Å². The molecule has 20 heavy (non-hydrogen) atoms. The van der Waals surface area contributed by atoms with Crippen LogP contribution in [0.4, 0.5) is 23.0 Å². The summed E-state index contributed by atoms with van der Waals surface area (Å²) in [6.45, 7) is 5.23. The number of hydrogen-bond donors (Lipinski definition) is 3. The molecule has 2 aromatic rings. The zero-order valence-electron chi connectivity index (χ0n) is 11.9. The molecule has 0 aliphatic heterocycles. The maximum Gasteiger partial charge on any atom is 0.159 e. The van der Waals surface area contributed by atoms with Gasteiger partial charge >= 0.3 is 0 Å². The van der Waals surface area contributed by atoms with E-state index in [1.807, 2.05) is 30.3 Å². The molecule has 0 spiro atoms. The van der Waals surface area contributed by atoms with E-state index in [0.29, 0.717) is 23.2 Å². The number of rotatable bonds is 6. The third-order valence-corrected chi connectivity index (χ3v) is 2.93. The Labute approximate surface area is 119 Å². The fourth-order valence-electron chi connectivity index (χ4n) is 1.77. The molecule has 1 heterocycles. The zero-order chi connectivity index (χ0) is 14.4. The van der Waals surface area contributed by atoms with Crippen molar-refractivity contribution in [3.63, 3.8) is 0 Å². The highest BCUT2D eigenvalue weighted by Crippen LogP contribution is 2.25. The molecule has 1 aromatic heterocycles. The predicted octanol–water partition coefficient (Wildman–Crippen LogP) is 3.26. The van der Waals surface area contributed by atoms with Gasteiger partial charge in [0.25, 0.3) is 0 Å². The number of nitrogens with one attached hydrogen (secondary N) is 2. The third-order valence-electron chi connectivity index (χ3n) is 2.93. The van der Waals surface area contributed by atoms with Crippen molar-refractivity contribution in [2.45, 2.75) is 20.3 Å². The van der Waals surface area contributed by atoms with Crippen LogP contribution in [-0.4, -0.2) is 16.5 Å². The van der Waals surface area contributed by atoms with Crippen LogP contribution in [0.2, 0.25) is 0 Å². The van der Waals surface area contributed by atoms with Gasteiger partial charge in [-0.05, 0) is 24.5 Å². The predicted molar refractivity (Wildman–Crippen MR) is 84.1 cm³/mol. The first kappa shape index (κ1) is 14.1. The lowest BCUT2D eigenvalue weighted by molar-refractivity contribution is 0.606. The fraction of sp³-hybridized carbons (Fsp3) is 0.333. The maximum atomic E-state index is 6.10. The van der Waals surface area contributed by atoms with Gasteiger partial charge in [-0.15, -0.1) is 0 Å². The van der Waals surface area contributed by atoms with Crippen LogP contribution in [0.1, 0.15) is 20.3 Å². The third kappa shape index (κ3) is 3.85. The van der Waals surface area contributed by atoms with Gasteiger partial charge in [-0.1, -0.05) is 32.0 Å². The van der Waals surface area contributed by atoms with Gasteiger partial charge in [0.1, 0.15) is 12.0 Å². The smallest absolute Gasteiger partial charge is 0.159 e. The van der Waals surface area contributed by atoms with E-state index in [0.717, 1.165) is 18.7 Å². The largest absolute Gasteiger partial charge is 0.393 e. The van der Waals surface area contributed by atoms with Gasteiger partial charge in [0.2, 0.25) is 0 Å². The number of nitrogens with zero attached hydrogens (tertiary/aromatic N) is 2. The van der Waals surface area contributed by atoms with Crippen LogP contribution in [-0.2, 0) is 0 Å². The molecule has 0 aliphatic rings. The maximum absolute atomic E-state index is 6.10. The summed E-state index contributed by atoms with van der Waals surface area (Å²) in [5.74, 6) is 1.95. The molecule has 0 radical (unpaired) electrons. The lowest BCUT2D eigenvalue weighted by atomic mass is 10.1. The van der Waals surface area contributed by atoms with Gasteiger partial charge in [0.05, 0.1) is 0 Å². The van der Waals surface area contributed by atoms with Crippen molar-refractivity contribution < 1.29 is 0 Å². The fourth-order valence-corrected chi connectivity index (χ4v) is 1.77. The Morgan fingerprint density at radius 2 is 1.80 bits per heavy atom. The molecular formula is C15H21N5. The van der Waals surface area contributed by atoms with Crippen molar-refractivity contribution in [1.29, 1.82) is 0 Å². The molecule has 2 rings (SSSR count). The minimum atomic E-state index is 0.542. The molecule has 0 bridgehead atoms. The van der Waals surface area contributed by atoms with E-state index in [1.54, 1.807) is 0 Å². The summed E-state index contributed by atoms with van der Waals surface area (Å²) in [6.07, 6.45) is 2.59. The molecule has 0 saturated carbocycles. The average molecular weight is 271 g/mol. The molecule has 0 fully saturated rings. The van der Waals surface area contributed by atoms with E-state index in [1.165, 1.54) is 6.33 Å². The normalized spacial score (nSPS) is 10.6. The van der Waals surface area contributed by atoms with Crippen molar-refractivity contribution in [2.24, 2.45) is 5.92 Å². The van der Waals surface area contributed by atoms with Crippen molar-refractivity contribution in [3.05, 3.63) is 36.7 Å². The van der Waals surface area contributed by atoms with E-state index < -0.39 is 0 Å². The first-order valence-corrected chi connectivity index (χ1v) is 6.83. The minimum Gasteiger partial charge on any atom is -0.393 e. The molecule has 0 atom stereocenters. The quantitative estimate of drug-likeness (QED) is 0.752.